The van der Waals surface area contributed by atoms with Crippen LogP contribution in [0.3, 0.4) is 0 Å². The summed E-state index contributed by atoms with van der Waals surface area (Å²) in [5.74, 6) is 0.568. The molecule has 1 atom stereocenters. The average Bonchev–Trinajstić information content (AvgIpc) is 2.97. The van der Waals surface area contributed by atoms with Gasteiger partial charge in [0.05, 0.1) is 0 Å². The summed E-state index contributed by atoms with van der Waals surface area (Å²) >= 11 is 0. The first kappa shape index (κ1) is 14.5. The molecule has 1 heterocycles. The molecule has 0 radical (unpaired) electrons. The summed E-state index contributed by atoms with van der Waals surface area (Å²) in [4.78, 5) is 5.56. The quantitative estimate of drug-likeness (QED) is 0.794. The maximum absolute atomic E-state index is 9.28. The molecule has 114 valence electrons. The minimum atomic E-state index is 0.0133. The number of phenolic OH excluding ortho intramolecular Hbond substituents is 2. The van der Waals surface area contributed by atoms with Crippen molar-refractivity contribution in [1.82, 2.24) is 5.48 Å². The Kier molecular flexibility index (Phi) is 4.30. The van der Waals surface area contributed by atoms with Crippen LogP contribution in [-0.2, 0) is 17.7 Å². The molecule has 0 aliphatic carbocycles. The molecular formula is C18H19NO3. The van der Waals surface area contributed by atoms with Gasteiger partial charge in [0.1, 0.15) is 17.6 Å². The molecule has 0 saturated heterocycles. The number of hydrogen-bond donors (Lipinski definition) is 3. The van der Waals surface area contributed by atoms with Crippen molar-refractivity contribution < 1.29 is 15.1 Å². The van der Waals surface area contributed by atoms with Crippen molar-refractivity contribution >= 4 is 0 Å². The van der Waals surface area contributed by atoms with Crippen LogP contribution in [0.5, 0.6) is 11.5 Å². The fourth-order valence-electron chi connectivity index (χ4n) is 2.48. The van der Waals surface area contributed by atoms with Gasteiger partial charge in [-0.1, -0.05) is 24.3 Å². The van der Waals surface area contributed by atoms with Crippen molar-refractivity contribution in [3.8, 4) is 11.5 Å². The minimum absolute atomic E-state index is 0.0133. The van der Waals surface area contributed by atoms with Crippen molar-refractivity contribution in [2.45, 2.75) is 25.4 Å². The van der Waals surface area contributed by atoms with Gasteiger partial charge < -0.3 is 10.2 Å². The monoisotopic (exact) mass is 297 g/mol. The molecule has 22 heavy (non-hydrogen) atoms. The lowest BCUT2D eigenvalue weighted by molar-refractivity contribution is 0.0418. The van der Waals surface area contributed by atoms with E-state index in [2.05, 4.69) is 11.6 Å². The molecule has 3 N–H and O–H groups in total. The van der Waals surface area contributed by atoms with E-state index in [1.807, 2.05) is 24.3 Å². The molecule has 0 amide bonds. The molecule has 0 fully saturated rings. The summed E-state index contributed by atoms with van der Waals surface area (Å²) in [5.41, 5.74) is 6.37. The number of phenols is 2. The Balaban J connectivity index is 1.53. The lowest BCUT2D eigenvalue weighted by Gasteiger charge is -2.07. The molecule has 4 heteroatoms. The highest BCUT2D eigenvalue weighted by Gasteiger charge is 2.16. The number of hydrogen-bond acceptors (Lipinski definition) is 4. The maximum atomic E-state index is 9.28. The Bertz CT molecular complexity index is 647. The van der Waals surface area contributed by atoms with Crippen LogP contribution < -0.4 is 5.48 Å². The highest BCUT2D eigenvalue weighted by atomic mass is 16.7. The summed E-state index contributed by atoms with van der Waals surface area (Å²) in [6.45, 7) is 0. The number of allylic oxidation sites excluding steroid dienone is 1. The fourth-order valence-corrected chi connectivity index (χ4v) is 2.48. The molecule has 4 nitrogen and oxygen atoms in total. The Morgan fingerprint density at radius 3 is 2.05 bits per heavy atom. The van der Waals surface area contributed by atoms with E-state index < -0.39 is 0 Å². The van der Waals surface area contributed by atoms with Gasteiger partial charge in [0.25, 0.3) is 0 Å². The SMILES string of the molecule is Oc1ccc(CCC2=CC(Cc3ccc(O)cc3)ON2)cc1. The largest absolute Gasteiger partial charge is 0.508 e. The first-order chi connectivity index (χ1) is 10.7. The lowest BCUT2D eigenvalue weighted by Crippen LogP contribution is -2.14. The second kappa shape index (κ2) is 6.54. The highest BCUT2D eigenvalue weighted by molar-refractivity contribution is 5.28. The van der Waals surface area contributed by atoms with Crippen molar-refractivity contribution in [3.63, 3.8) is 0 Å². The standard InChI is InChI=1S/C18H19NO3/c20-16-7-2-13(3-8-16)1-6-15-12-18(22-19-15)11-14-4-9-17(21)10-5-14/h2-5,7-10,12,18-21H,1,6,11H2. The fraction of sp³-hybridized carbons (Fsp3) is 0.222. The van der Waals surface area contributed by atoms with Crippen LogP contribution >= 0.6 is 0 Å². The van der Waals surface area contributed by atoms with E-state index in [1.165, 1.54) is 5.56 Å². The van der Waals surface area contributed by atoms with E-state index in [-0.39, 0.29) is 11.9 Å². The Hall–Kier alpha value is -2.46. The molecule has 0 aromatic heterocycles. The van der Waals surface area contributed by atoms with E-state index >= 15 is 0 Å². The molecule has 1 aliphatic heterocycles. The molecule has 3 rings (SSSR count). The van der Waals surface area contributed by atoms with E-state index in [9.17, 15) is 10.2 Å². The van der Waals surface area contributed by atoms with Gasteiger partial charge in [-0.3, -0.25) is 10.3 Å². The summed E-state index contributed by atoms with van der Waals surface area (Å²) in [5, 5.41) is 18.6. The van der Waals surface area contributed by atoms with Gasteiger partial charge >= 0.3 is 0 Å². The zero-order valence-electron chi connectivity index (χ0n) is 12.2. The van der Waals surface area contributed by atoms with Gasteiger partial charge in [0, 0.05) is 12.1 Å². The molecule has 2 aromatic carbocycles. The predicted octanol–water partition coefficient (Wildman–Crippen LogP) is 3.06. The Morgan fingerprint density at radius 2 is 1.41 bits per heavy atom. The second-order valence-corrected chi connectivity index (χ2v) is 5.49. The van der Waals surface area contributed by atoms with Crippen LogP contribution in [0.1, 0.15) is 17.5 Å². The van der Waals surface area contributed by atoms with Gasteiger partial charge in [-0.25, -0.2) is 0 Å². The zero-order valence-corrected chi connectivity index (χ0v) is 12.2. The van der Waals surface area contributed by atoms with Crippen molar-refractivity contribution in [2.75, 3.05) is 0 Å². The Labute approximate surface area is 129 Å². The van der Waals surface area contributed by atoms with Gasteiger partial charge in [-0.05, 0) is 54.3 Å². The maximum Gasteiger partial charge on any atom is 0.115 e. The second-order valence-electron chi connectivity index (χ2n) is 5.49. The van der Waals surface area contributed by atoms with Crippen molar-refractivity contribution in [1.29, 1.82) is 0 Å². The predicted molar refractivity (Wildman–Crippen MR) is 84.3 cm³/mol. The summed E-state index contributed by atoms with van der Waals surface area (Å²) < 4.78 is 0. The van der Waals surface area contributed by atoms with E-state index in [4.69, 9.17) is 4.84 Å². The third-order valence-corrected chi connectivity index (χ3v) is 3.72. The number of rotatable bonds is 5. The van der Waals surface area contributed by atoms with Crippen LogP contribution in [0.4, 0.5) is 0 Å². The average molecular weight is 297 g/mol. The number of nitrogens with one attached hydrogen (secondary N) is 1. The van der Waals surface area contributed by atoms with Crippen LogP contribution in [-0.4, -0.2) is 16.3 Å². The smallest absolute Gasteiger partial charge is 0.115 e. The summed E-state index contributed by atoms with van der Waals surface area (Å²) in [7, 11) is 0. The number of benzene rings is 2. The molecule has 1 unspecified atom stereocenters. The molecule has 2 aromatic rings. The van der Waals surface area contributed by atoms with Crippen LogP contribution in [0.15, 0.2) is 60.3 Å². The normalized spacial score (nSPS) is 17.1. The minimum Gasteiger partial charge on any atom is -0.508 e. The molecular weight excluding hydrogens is 278 g/mol. The zero-order chi connectivity index (χ0) is 15.4. The lowest BCUT2D eigenvalue weighted by atomic mass is 10.0. The topological polar surface area (TPSA) is 61.7 Å². The number of hydroxylamine groups is 1. The molecule has 0 spiro atoms. The van der Waals surface area contributed by atoms with Crippen molar-refractivity contribution in [2.24, 2.45) is 0 Å². The number of aromatic hydroxyl groups is 2. The van der Waals surface area contributed by atoms with Crippen LogP contribution in [0, 0.1) is 0 Å². The van der Waals surface area contributed by atoms with E-state index in [0.29, 0.717) is 5.75 Å². The first-order valence-electron chi connectivity index (χ1n) is 7.37. The van der Waals surface area contributed by atoms with Gasteiger partial charge in [-0.2, -0.15) is 0 Å². The van der Waals surface area contributed by atoms with Crippen LogP contribution in [0.2, 0.25) is 0 Å². The summed E-state index contributed by atoms with van der Waals surface area (Å²) in [6, 6.07) is 14.5. The first-order valence-corrected chi connectivity index (χ1v) is 7.37. The molecule has 1 aliphatic rings. The molecule has 0 saturated carbocycles. The third kappa shape index (κ3) is 3.80. The van der Waals surface area contributed by atoms with E-state index in [0.717, 1.165) is 30.5 Å². The van der Waals surface area contributed by atoms with Crippen LogP contribution in [0.25, 0.3) is 0 Å². The summed E-state index contributed by atoms with van der Waals surface area (Å²) in [6.07, 6.45) is 4.66. The molecule has 0 bridgehead atoms. The number of aryl methyl sites for hydroxylation is 1. The Morgan fingerprint density at radius 1 is 0.818 bits per heavy atom. The van der Waals surface area contributed by atoms with E-state index in [1.54, 1.807) is 24.3 Å². The third-order valence-electron chi connectivity index (χ3n) is 3.72. The van der Waals surface area contributed by atoms with Gasteiger partial charge in [-0.15, -0.1) is 0 Å². The highest BCUT2D eigenvalue weighted by Crippen LogP contribution is 2.19. The van der Waals surface area contributed by atoms with Gasteiger partial charge in [0.2, 0.25) is 0 Å². The van der Waals surface area contributed by atoms with Crippen molar-refractivity contribution in [3.05, 3.63) is 71.4 Å². The van der Waals surface area contributed by atoms with Gasteiger partial charge in [0.15, 0.2) is 0 Å².